The number of hydrogen-bond acceptors (Lipinski definition) is 2. The van der Waals surface area contributed by atoms with Gasteiger partial charge in [0.15, 0.2) is 0 Å². The highest BCUT2D eigenvalue weighted by Crippen LogP contribution is 2.52. The van der Waals surface area contributed by atoms with Gasteiger partial charge in [-0.1, -0.05) is 0 Å². The molecule has 40 valence electrons. The van der Waals surface area contributed by atoms with Crippen molar-refractivity contribution in [1.82, 2.24) is 0 Å². The zero-order valence-corrected chi connectivity index (χ0v) is 4.18. The van der Waals surface area contributed by atoms with Crippen molar-refractivity contribution >= 4 is 0 Å². The largest absolute Gasteiger partial charge is 0.365 e. The van der Waals surface area contributed by atoms with Gasteiger partial charge in [-0.25, -0.2) is 0 Å². The summed E-state index contributed by atoms with van der Waals surface area (Å²) in [5.74, 6) is 0. The quantitative estimate of drug-likeness (QED) is 0.465. The number of rotatable bonds is 1. The van der Waals surface area contributed by atoms with Crippen molar-refractivity contribution in [3.05, 3.63) is 0 Å². The SMILES string of the molecule is NCC12CC[C@@H]1O2. The lowest BCUT2D eigenvalue weighted by atomic mass is 9.86. The zero-order chi connectivity index (χ0) is 4.91. The average molecular weight is 99.1 g/mol. The molecule has 2 fully saturated rings. The molecule has 2 rings (SSSR count). The van der Waals surface area contributed by atoms with Gasteiger partial charge in [-0.2, -0.15) is 0 Å². The summed E-state index contributed by atoms with van der Waals surface area (Å²) in [4.78, 5) is 0. The summed E-state index contributed by atoms with van der Waals surface area (Å²) in [5, 5.41) is 0. The number of hydrogen-bond donors (Lipinski definition) is 1. The summed E-state index contributed by atoms with van der Waals surface area (Å²) >= 11 is 0. The molecule has 1 saturated heterocycles. The zero-order valence-electron chi connectivity index (χ0n) is 4.18. The van der Waals surface area contributed by atoms with Crippen LogP contribution >= 0.6 is 0 Å². The predicted octanol–water partition coefficient (Wildman–Crippen LogP) is -0.124. The average Bonchev–Trinajstić information content (AvgIpc) is 2.12. The Morgan fingerprint density at radius 2 is 2.71 bits per heavy atom. The Kier molecular flexibility index (Phi) is 0.474. The molecule has 0 aromatic heterocycles. The van der Waals surface area contributed by atoms with Crippen LogP contribution in [-0.4, -0.2) is 18.2 Å². The highest BCUT2D eigenvalue weighted by Gasteiger charge is 2.62. The molecule has 0 radical (unpaired) electrons. The molecule has 2 heteroatoms. The highest BCUT2D eigenvalue weighted by molar-refractivity contribution is 5.12. The molecule has 2 nitrogen and oxygen atoms in total. The summed E-state index contributed by atoms with van der Waals surface area (Å²) in [6.45, 7) is 0.734. The molecule has 7 heavy (non-hydrogen) atoms. The number of ether oxygens (including phenoxy) is 1. The maximum Gasteiger partial charge on any atom is 0.107 e. The van der Waals surface area contributed by atoms with Crippen molar-refractivity contribution in [2.24, 2.45) is 5.73 Å². The van der Waals surface area contributed by atoms with E-state index in [2.05, 4.69) is 0 Å². The fourth-order valence-corrected chi connectivity index (χ4v) is 1.23. The molecule has 0 amide bonds. The number of epoxide rings is 1. The van der Waals surface area contributed by atoms with Crippen LogP contribution in [0.4, 0.5) is 0 Å². The van der Waals surface area contributed by atoms with Gasteiger partial charge in [0, 0.05) is 6.54 Å². The molecule has 1 aliphatic heterocycles. The van der Waals surface area contributed by atoms with Gasteiger partial charge in [0.25, 0.3) is 0 Å². The van der Waals surface area contributed by atoms with Gasteiger partial charge in [0.2, 0.25) is 0 Å². The molecule has 0 spiro atoms. The van der Waals surface area contributed by atoms with Crippen molar-refractivity contribution in [2.45, 2.75) is 24.5 Å². The Morgan fingerprint density at radius 1 is 1.86 bits per heavy atom. The maximum atomic E-state index is 5.38. The molecule has 1 unspecified atom stereocenters. The van der Waals surface area contributed by atoms with Crippen LogP contribution in [0.3, 0.4) is 0 Å². The van der Waals surface area contributed by atoms with Gasteiger partial charge in [-0.3, -0.25) is 0 Å². The maximum absolute atomic E-state index is 5.38. The Hall–Kier alpha value is -0.0800. The third-order valence-electron chi connectivity index (χ3n) is 2.08. The lowest BCUT2D eigenvalue weighted by molar-refractivity contribution is 0.321. The summed E-state index contributed by atoms with van der Waals surface area (Å²) in [6.07, 6.45) is 3.02. The molecule has 0 bridgehead atoms. The van der Waals surface area contributed by atoms with Gasteiger partial charge in [0.05, 0.1) is 6.10 Å². The van der Waals surface area contributed by atoms with Crippen molar-refractivity contribution in [1.29, 1.82) is 0 Å². The first-order chi connectivity index (χ1) is 3.37. The third kappa shape index (κ3) is 0.283. The van der Waals surface area contributed by atoms with E-state index in [0.717, 1.165) is 6.54 Å². The molecule has 1 saturated carbocycles. The lowest BCUT2D eigenvalue weighted by Gasteiger charge is -2.15. The van der Waals surface area contributed by atoms with Crippen LogP contribution in [0.25, 0.3) is 0 Å². The fraction of sp³-hybridized carbons (Fsp3) is 1.00. The first kappa shape index (κ1) is 3.87. The van der Waals surface area contributed by atoms with E-state index in [4.69, 9.17) is 10.5 Å². The summed E-state index contributed by atoms with van der Waals surface area (Å²) in [5.41, 5.74) is 5.59. The topological polar surface area (TPSA) is 38.5 Å². The first-order valence-electron chi connectivity index (χ1n) is 2.75. The second-order valence-electron chi connectivity index (χ2n) is 2.41. The lowest BCUT2D eigenvalue weighted by Crippen LogP contribution is -2.33. The van der Waals surface area contributed by atoms with Crippen LogP contribution < -0.4 is 5.73 Å². The monoisotopic (exact) mass is 99.1 g/mol. The van der Waals surface area contributed by atoms with Gasteiger partial charge in [-0.05, 0) is 12.8 Å². The summed E-state index contributed by atoms with van der Waals surface area (Å²) < 4.78 is 5.24. The Bertz CT molecular complexity index is 94.7. The highest BCUT2D eigenvalue weighted by atomic mass is 16.6. The normalized spacial score (nSPS) is 55.3. The van der Waals surface area contributed by atoms with Crippen LogP contribution in [0.15, 0.2) is 0 Å². The van der Waals surface area contributed by atoms with Crippen molar-refractivity contribution in [2.75, 3.05) is 6.54 Å². The molecule has 0 aromatic carbocycles. The van der Waals surface area contributed by atoms with Crippen LogP contribution in [-0.2, 0) is 4.74 Å². The van der Waals surface area contributed by atoms with E-state index in [-0.39, 0.29) is 5.60 Å². The van der Waals surface area contributed by atoms with E-state index in [1.54, 1.807) is 0 Å². The molecule has 2 aliphatic rings. The molecule has 0 aromatic rings. The van der Waals surface area contributed by atoms with Crippen LogP contribution in [0, 0.1) is 0 Å². The number of fused-ring (bicyclic) bond motifs is 1. The second kappa shape index (κ2) is 0.858. The Balaban J connectivity index is 2.06. The van der Waals surface area contributed by atoms with Gasteiger partial charge < -0.3 is 10.5 Å². The molecule has 2 atom stereocenters. The standard InChI is InChI=1S/C5H9NO/c6-3-5-2-1-4(5)7-5/h4H,1-3,6H2/t4-,5?/m0/s1. The van der Waals surface area contributed by atoms with Crippen LogP contribution in [0.1, 0.15) is 12.8 Å². The van der Waals surface area contributed by atoms with E-state index in [1.165, 1.54) is 12.8 Å². The van der Waals surface area contributed by atoms with Gasteiger partial charge in [-0.15, -0.1) is 0 Å². The van der Waals surface area contributed by atoms with Gasteiger partial charge in [0.1, 0.15) is 5.60 Å². The minimum Gasteiger partial charge on any atom is -0.365 e. The van der Waals surface area contributed by atoms with Crippen LogP contribution in [0.5, 0.6) is 0 Å². The smallest absolute Gasteiger partial charge is 0.107 e. The fourth-order valence-electron chi connectivity index (χ4n) is 1.23. The number of nitrogens with two attached hydrogens (primary N) is 1. The van der Waals surface area contributed by atoms with E-state index in [9.17, 15) is 0 Å². The van der Waals surface area contributed by atoms with Crippen molar-refractivity contribution in [3.8, 4) is 0 Å². The van der Waals surface area contributed by atoms with Crippen molar-refractivity contribution in [3.63, 3.8) is 0 Å². The van der Waals surface area contributed by atoms with E-state index in [0.29, 0.717) is 6.10 Å². The molecule has 1 heterocycles. The molecule has 2 N–H and O–H groups in total. The van der Waals surface area contributed by atoms with Crippen molar-refractivity contribution < 1.29 is 4.74 Å². The van der Waals surface area contributed by atoms with Crippen LogP contribution in [0.2, 0.25) is 0 Å². The predicted molar refractivity (Wildman–Crippen MR) is 25.9 cm³/mol. The minimum atomic E-state index is 0.208. The Labute approximate surface area is 42.6 Å². The summed E-state index contributed by atoms with van der Waals surface area (Å²) in [7, 11) is 0. The van der Waals surface area contributed by atoms with E-state index < -0.39 is 0 Å². The van der Waals surface area contributed by atoms with E-state index in [1.807, 2.05) is 0 Å². The minimum absolute atomic E-state index is 0.208. The first-order valence-corrected chi connectivity index (χ1v) is 2.75. The van der Waals surface area contributed by atoms with E-state index >= 15 is 0 Å². The second-order valence-corrected chi connectivity index (χ2v) is 2.41. The Morgan fingerprint density at radius 3 is 2.71 bits per heavy atom. The van der Waals surface area contributed by atoms with Gasteiger partial charge >= 0.3 is 0 Å². The molecule has 1 aliphatic carbocycles. The molecular formula is C5H9NO. The molecular weight excluding hydrogens is 90.1 g/mol. The summed E-state index contributed by atoms with van der Waals surface area (Å²) in [6, 6.07) is 0. The third-order valence-corrected chi connectivity index (χ3v) is 2.08.